The number of hydrogen-bond acceptors (Lipinski definition) is 6. The van der Waals surface area contributed by atoms with E-state index in [2.05, 4.69) is 16.4 Å². The zero-order chi connectivity index (χ0) is 25.7. The molecule has 0 aliphatic rings. The summed E-state index contributed by atoms with van der Waals surface area (Å²) >= 11 is 1.33. The molecule has 4 rings (SSSR count). The predicted molar refractivity (Wildman–Crippen MR) is 141 cm³/mol. The van der Waals surface area contributed by atoms with E-state index in [1.807, 2.05) is 54.6 Å². The first-order valence-electron chi connectivity index (χ1n) is 11.2. The molecule has 0 bridgehead atoms. The Labute approximate surface area is 213 Å². The molecule has 0 atom stereocenters. The molecule has 0 saturated heterocycles. The molecular weight excluding hydrogens is 474 g/mol. The zero-order valence-electron chi connectivity index (χ0n) is 20.2. The Morgan fingerprint density at radius 3 is 2.50 bits per heavy atom. The lowest BCUT2D eigenvalue weighted by Gasteiger charge is -2.08. The highest BCUT2D eigenvalue weighted by Gasteiger charge is 2.18. The summed E-state index contributed by atoms with van der Waals surface area (Å²) in [4.78, 5) is 30.3. The summed E-state index contributed by atoms with van der Waals surface area (Å²) in [5.41, 5.74) is 3.42. The van der Waals surface area contributed by atoms with Crippen molar-refractivity contribution in [1.82, 2.24) is 14.3 Å². The summed E-state index contributed by atoms with van der Waals surface area (Å²) in [6.07, 6.45) is 0.156. The van der Waals surface area contributed by atoms with Crippen molar-refractivity contribution in [2.24, 2.45) is 7.05 Å². The zero-order valence-corrected chi connectivity index (χ0v) is 21.0. The number of nitriles is 1. The molecule has 4 aromatic rings. The van der Waals surface area contributed by atoms with E-state index in [0.29, 0.717) is 22.0 Å². The van der Waals surface area contributed by atoms with Gasteiger partial charge >= 0.3 is 0 Å². The van der Waals surface area contributed by atoms with Gasteiger partial charge in [0.25, 0.3) is 5.56 Å². The molecular formula is C27H25N5O3S. The number of nitrogens with one attached hydrogen (secondary N) is 1. The van der Waals surface area contributed by atoms with Crippen LogP contribution in [0.3, 0.4) is 0 Å². The van der Waals surface area contributed by atoms with E-state index in [9.17, 15) is 14.9 Å². The first kappa shape index (κ1) is 24.8. The third-order valence-corrected chi connectivity index (χ3v) is 6.75. The maximum Gasteiger partial charge on any atom is 0.295 e. The standard InChI is InChI=1S/C27H25N5O3S/c1-18-25(27(34)32(31(18)2)21-7-5-4-6-8-21)30-24(33)15-16-36-26-20(17-28)11-14-23(29-26)19-9-12-22(35-3)13-10-19/h4-14H,15-16H2,1-3H3,(H,30,33). The summed E-state index contributed by atoms with van der Waals surface area (Å²) in [6.45, 7) is 1.79. The molecule has 0 radical (unpaired) electrons. The number of benzene rings is 2. The lowest BCUT2D eigenvalue weighted by Crippen LogP contribution is -2.23. The van der Waals surface area contributed by atoms with Gasteiger partial charge in [-0.05, 0) is 55.5 Å². The average molecular weight is 500 g/mol. The Morgan fingerprint density at radius 1 is 1.11 bits per heavy atom. The molecule has 2 aromatic carbocycles. The van der Waals surface area contributed by atoms with E-state index in [4.69, 9.17) is 4.74 Å². The van der Waals surface area contributed by atoms with E-state index in [1.54, 1.807) is 37.9 Å². The van der Waals surface area contributed by atoms with E-state index in [1.165, 1.54) is 16.4 Å². The van der Waals surface area contributed by atoms with E-state index in [0.717, 1.165) is 22.7 Å². The van der Waals surface area contributed by atoms with Crippen LogP contribution in [-0.4, -0.2) is 33.1 Å². The molecule has 0 unspecified atom stereocenters. The first-order valence-corrected chi connectivity index (χ1v) is 12.2. The highest BCUT2D eigenvalue weighted by molar-refractivity contribution is 7.99. The third-order valence-electron chi connectivity index (χ3n) is 5.75. The van der Waals surface area contributed by atoms with Crippen LogP contribution in [0, 0.1) is 18.3 Å². The molecule has 0 aliphatic carbocycles. The second kappa shape index (κ2) is 11.0. The van der Waals surface area contributed by atoms with Gasteiger partial charge in [-0.2, -0.15) is 5.26 Å². The Morgan fingerprint density at radius 2 is 1.83 bits per heavy atom. The van der Waals surface area contributed by atoms with Crippen LogP contribution < -0.4 is 15.6 Å². The number of rotatable bonds is 8. The first-order chi connectivity index (χ1) is 17.4. The number of hydrogen-bond donors (Lipinski definition) is 1. The number of pyridine rings is 1. The predicted octanol–water partition coefficient (Wildman–Crippen LogP) is 4.55. The largest absolute Gasteiger partial charge is 0.497 e. The fourth-order valence-electron chi connectivity index (χ4n) is 3.71. The number of ether oxygens (including phenoxy) is 1. The van der Waals surface area contributed by atoms with Crippen LogP contribution in [0.4, 0.5) is 5.69 Å². The maximum atomic E-state index is 13.0. The Kier molecular flexibility index (Phi) is 7.56. The van der Waals surface area contributed by atoms with E-state index in [-0.39, 0.29) is 23.6 Å². The Balaban J connectivity index is 1.44. The fourth-order valence-corrected chi connectivity index (χ4v) is 4.63. The molecule has 36 heavy (non-hydrogen) atoms. The van der Waals surface area contributed by atoms with Crippen molar-refractivity contribution in [3.05, 3.63) is 88.3 Å². The molecule has 2 aromatic heterocycles. The number of para-hydroxylation sites is 1. The average Bonchev–Trinajstić information content (AvgIpc) is 3.12. The number of nitrogens with zero attached hydrogens (tertiary/aromatic N) is 4. The summed E-state index contributed by atoms with van der Waals surface area (Å²) in [5.74, 6) is 0.869. The van der Waals surface area contributed by atoms with Gasteiger partial charge < -0.3 is 10.1 Å². The normalized spacial score (nSPS) is 10.6. The SMILES string of the molecule is COc1ccc(-c2ccc(C#N)c(SCCC(=O)Nc3c(C)n(C)n(-c4ccccc4)c3=O)n2)cc1. The van der Waals surface area contributed by atoms with Gasteiger partial charge in [0.15, 0.2) is 0 Å². The fraction of sp³-hybridized carbons (Fsp3) is 0.185. The smallest absolute Gasteiger partial charge is 0.295 e. The van der Waals surface area contributed by atoms with E-state index < -0.39 is 0 Å². The number of methoxy groups -OCH3 is 1. The number of amides is 1. The number of aromatic nitrogens is 3. The third kappa shape index (κ3) is 5.19. The molecule has 0 fully saturated rings. The van der Waals surface area contributed by atoms with Crippen molar-refractivity contribution in [1.29, 1.82) is 5.26 Å². The lowest BCUT2D eigenvalue weighted by atomic mass is 10.1. The van der Waals surface area contributed by atoms with Crippen LogP contribution >= 0.6 is 11.8 Å². The molecule has 2 heterocycles. The van der Waals surface area contributed by atoms with Crippen molar-refractivity contribution in [2.75, 3.05) is 18.2 Å². The Hall–Kier alpha value is -4.29. The van der Waals surface area contributed by atoms with Gasteiger partial charge in [-0.3, -0.25) is 14.3 Å². The van der Waals surface area contributed by atoms with Crippen LogP contribution in [0.25, 0.3) is 16.9 Å². The van der Waals surface area contributed by atoms with Gasteiger partial charge in [-0.1, -0.05) is 18.2 Å². The van der Waals surface area contributed by atoms with Gasteiger partial charge in [0.1, 0.15) is 22.5 Å². The van der Waals surface area contributed by atoms with E-state index >= 15 is 0 Å². The van der Waals surface area contributed by atoms with Crippen LogP contribution in [0.5, 0.6) is 5.75 Å². The minimum atomic E-state index is -0.289. The van der Waals surface area contributed by atoms with Crippen LogP contribution in [0.1, 0.15) is 17.7 Å². The van der Waals surface area contributed by atoms with Gasteiger partial charge in [0.05, 0.1) is 29.7 Å². The maximum absolute atomic E-state index is 13.0. The quantitative estimate of drug-likeness (QED) is 0.357. The molecule has 1 amide bonds. The van der Waals surface area contributed by atoms with Gasteiger partial charge in [-0.15, -0.1) is 11.8 Å². The number of thioether (sulfide) groups is 1. The van der Waals surface area contributed by atoms with Crippen molar-refractivity contribution < 1.29 is 9.53 Å². The van der Waals surface area contributed by atoms with Crippen molar-refractivity contribution >= 4 is 23.4 Å². The number of carbonyl (C=O) groups excluding carboxylic acids is 1. The topological polar surface area (TPSA) is 102 Å². The Bertz CT molecular complexity index is 1490. The summed E-state index contributed by atoms with van der Waals surface area (Å²) < 4.78 is 8.44. The summed E-state index contributed by atoms with van der Waals surface area (Å²) in [5, 5.41) is 12.8. The second-order valence-corrected chi connectivity index (χ2v) is 9.06. The minimum absolute atomic E-state index is 0.156. The molecule has 9 heteroatoms. The molecule has 8 nitrogen and oxygen atoms in total. The van der Waals surface area contributed by atoms with Gasteiger partial charge in [-0.25, -0.2) is 9.67 Å². The highest BCUT2D eigenvalue weighted by Crippen LogP contribution is 2.27. The van der Waals surface area contributed by atoms with Crippen LogP contribution in [-0.2, 0) is 11.8 Å². The summed E-state index contributed by atoms with van der Waals surface area (Å²) in [7, 11) is 3.39. The van der Waals surface area contributed by atoms with Gasteiger partial charge in [0.2, 0.25) is 5.91 Å². The monoisotopic (exact) mass is 499 g/mol. The minimum Gasteiger partial charge on any atom is -0.497 e. The molecule has 1 N–H and O–H groups in total. The summed E-state index contributed by atoms with van der Waals surface area (Å²) in [6, 6.07) is 22.5. The molecule has 182 valence electrons. The van der Waals surface area contributed by atoms with Crippen LogP contribution in [0.2, 0.25) is 0 Å². The number of anilines is 1. The van der Waals surface area contributed by atoms with Crippen molar-refractivity contribution in [3.63, 3.8) is 0 Å². The highest BCUT2D eigenvalue weighted by atomic mass is 32.2. The van der Waals surface area contributed by atoms with Crippen LogP contribution in [0.15, 0.2) is 76.6 Å². The number of carbonyl (C=O) groups is 1. The molecule has 0 aliphatic heterocycles. The molecule has 0 saturated carbocycles. The lowest BCUT2D eigenvalue weighted by molar-refractivity contribution is -0.115. The van der Waals surface area contributed by atoms with Crippen molar-refractivity contribution in [2.45, 2.75) is 18.4 Å². The molecule has 0 spiro atoms. The second-order valence-electron chi connectivity index (χ2n) is 7.97. The van der Waals surface area contributed by atoms with Crippen molar-refractivity contribution in [3.8, 4) is 28.8 Å². The van der Waals surface area contributed by atoms with Gasteiger partial charge in [0, 0.05) is 24.8 Å².